The van der Waals surface area contributed by atoms with E-state index in [1.54, 1.807) is 27.0 Å². The van der Waals surface area contributed by atoms with E-state index in [0.717, 1.165) is 16.3 Å². The predicted molar refractivity (Wildman–Crippen MR) is 121 cm³/mol. The fourth-order valence-corrected chi connectivity index (χ4v) is 2.49. The lowest BCUT2D eigenvalue weighted by Crippen LogP contribution is -2.30. The largest absolute Gasteiger partial charge is 0.506 e. The van der Waals surface area contributed by atoms with Crippen LogP contribution in [0.2, 0.25) is 0 Å². The topological polar surface area (TPSA) is 93.1 Å². The maximum absolute atomic E-state index is 10.3. The van der Waals surface area contributed by atoms with Gasteiger partial charge in [-0.2, -0.15) is 10.2 Å². The van der Waals surface area contributed by atoms with Gasteiger partial charge in [-0.1, -0.05) is 24.3 Å². The average molecular weight is 403 g/mol. The van der Waals surface area contributed by atoms with Gasteiger partial charge in [-0.15, -0.1) is 0 Å². The average Bonchev–Trinajstić information content (AvgIpc) is 2.67. The first-order valence-corrected chi connectivity index (χ1v) is 9.00. The zero-order valence-electron chi connectivity index (χ0n) is 15.5. The second kappa shape index (κ2) is 9.24. The van der Waals surface area contributed by atoms with Crippen molar-refractivity contribution in [3.05, 3.63) is 35.9 Å². The molecule has 0 aliphatic rings. The van der Waals surface area contributed by atoms with E-state index in [9.17, 15) is 5.11 Å². The second-order valence-electron chi connectivity index (χ2n) is 5.78. The quantitative estimate of drug-likeness (QED) is 0.232. The summed E-state index contributed by atoms with van der Waals surface area (Å²) >= 11 is 10.3. The molecule has 0 atom stereocenters. The lowest BCUT2D eigenvalue weighted by atomic mass is 10.0. The van der Waals surface area contributed by atoms with Crippen LogP contribution >= 0.6 is 24.4 Å². The minimum atomic E-state index is 0.124. The van der Waals surface area contributed by atoms with Crippen LogP contribution in [0, 0.1) is 6.92 Å². The SMILES string of the molecule is CNC(=S)N/N=C(C)\C(C)=N/NC(=S)Nc1c(O)cc(C)c2ccccc12. The van der Waals surface area contributed by atoms with Gasteiger partial charge in [0, 0.05) is 12.4 Å². The number of nitrogens with one attached hydrogen (secondary N) is 4. The fourth-order valence-electron chi connectivity index (χ4n) is 2.30. The number of anilines is 1. The van der Waals surface area contributed by atoms with E-state index in [1.807, 2.05) is 31.2 Å². The third kappa shape index (κ3) is 5.35. The molecule has 0 saturated heterocycles. The molecule has 7 nitrogen and oxygen atoms in total. The number of nitrogens with zero attached hydrogens (tertiary/aromatic N) is 2. The van der Waals surface area contributed by atoms with Gasteiger partial charge in [0.05, 0.1) is 17.1 Å². The minimum Gasteiger partial charge on any atom is -0.506 e. The van der Waals surface area contributed by atoms with Crippen molar-refractivity contribution in [2.45, 2.75) is 20.8 Å². The highest BCUT2D eigenvalue weighted by atomic mass is 32.1. The molecule has 0 fully saturated rings. The summed E-state index contributed by atoms with van der Waals surface area (Å²) in [6, 6.07) is 9.49. The van der Waals surface area contributed by atoms with Crippen LogP contribution in [0.1, 0.15) is 19.4 Å². The van der Waals surface area contributed by atoms with Crippen LogP contribution in [0.5, 0.6) is 5.75 Å². The van der Waals surface area contributed by atoms with Gasteiger partial charge in [0.25, 0.3) is 0 Å². The molecule has 0 spiro atoms. The molecule has 0 saturated carbocycles. The zero-order valence-corrected chi connectivity index (χ0v) is 17.2. The van der Waals surface area contributed by atoms with Crippen molar-refractivity contribution in [1.29, 1.82) is 0 Å². The third-order valence-corrected chi connectivity index (χ3v) is 4.36. The van der Waals surface area contributed by atoms with Crippen LogP contribution in [0.15, 0.2) is 40.5 Å². The highest BCUT2D eigenvalue weighted by Crippen LogP contribution is 2.34. The molecule has 5 N–H and O–H groups in total. The predicted octanol–water partition coefficient (Wildman–Crippen LogP) is 2.99. The van der Waals surface area contributed by atoms with Crippen LogP contribution in [0.4, 0.5) is 5.69 Å². The van der Waals surface area contributed by atoms with Gasteiger partial charge < -0.3 is 15.7 Å². The van der Waals surface area contributed by atoms with Crippen LogP contribution in [0.3, 0.4) is 0 Å². The molecule has 0 aliphatic carbocycles. The van der Waals surface area contributed by atoms with Crippen molar-refractivity contribution in [1.82, 2.24) is 16.2 Å². The molecule has 0 aliphatic heterocycles. The molecule has 27 heavy (non-hydrogen) atoms. The van der Waals surface area contributed by atoms with E-state index in [2.05, 4.69) is 31.7 Å². The Morgan fingerprint density at radius 1 is 0.963 bits per heavy atom. The maximum Gasteiger partial charge on any atom is 0.191 e. The van der Waals surface area contributed by atoms with Crippen molar-refractivity contribution < 1.29 is 5.11 Å². The van der Waals surface area contributed by atoms with Gasteiger partial charge in [-0.25, -0.2) is 0 Å². The first kappa shape index (κ1) is 20.5. The van der Waals surface area contributed by atoms with Gasteiger partial charge in [0.1, 0.15) is 5.75 Å². The Morgan fingerprint density at radius 3 is 2.11 bits per heavy atom. The van der Waals surface area contributed by atoms with E-state index in [4.69, 9.17) is 24.4 Å². The number of phenolic OH excluding ortho intramolecular Hbond substituents is 1. The van der Waals surface area contributed by atoms with Crippen molar-refractivity contribution >= 4 is 62.5 Å². The van der Waals surface area contributed by atoms with E-state index >= 15 is 0 Å². The molecular weight excluding hydrogens is 380 g/mol. The lowest BCUT2D eigenvalue weighted by molar-refractivity contribution is 0.478. The summed E-state index contributed by atoms with van der Waals surface area (Å²) in [6.45, 7) is 5.53. The number of hydrogen-bond acceptors (Lipinski definition) is 5. The van der Waals surface area contributed by atoms with Crippen LogP contribution in [-0.4, -0.2) is 33.8 Å². The minimum absolute atomic E-state index is 0.124. The van der Waals surface area contributed by atoms with E-state index < -0.39 is 0 Å². The van der Waals surface area contributed by atoms with E-state index in [0.29, 0.717) is 22.2 Å². The van der Waals surface area contributed by atoms with E-state index in [-0.39, 0.29) is 10.9 Å². The van der Waals surface area contributed by atoms with Gasteiger partial charge in [0.2, 0.25) is 0 Å². The van der Waals surface area contributed by atoms with Crippen molar-refractivity contribution in [2.75, 3.05) is 12.4 Å². The van der Waals surface area contributed by atoms with Crippen LogP contribution < -0.4 is 21.5 Å². The Balaban J connectivity index is 2.12. The van der Waals surface area contributed by atoms with Crippen LogP contribution in [0.25, 0.3) is 10.8 Å². The summed E-state index contributed by atoms with van der Waals surface area (Å²) in [4.78, 5) is 0. The Labute approximate surface area is 168 Å². The van der Waals surface area contributed by atoms with Crippen molar-refractivity contribution in [2.24, 2.45) is 10.2 Å². The molecule has 2 rings (SSSR count). The number of rotatable bonds is 4. The molecule has 0 amide bonds. The van der Waals surface area contributed by atoms with Crippen molar-refractivity contribution in [3.63, 3.8) is 0 Å². The summed E-state index contributed by atoms with van der Waals surface area (Å²) < 4.78 is 0. The smallest absolute Gasteiger partial charge is 0.191 e. The van der Waals surface area contributed by atoms with Gasteiger partial charge in [0.15, 0.2) is 10.2 Å². The van der Waals surface area contributed by atoms with Crippen molar-refractivity contribution in [3.8, 4) is 5.75 Å². The standard InChI is InChI=1S/C18H22N6OS2/c1-10-9-15(25)16(14-8-6-5-7-13(10)14)20-18(27)24-22-12(3)11(2)21-23-17(26)19-4/h5-9,25H,1-4H3,(H2,19,23,26)(H2,20,24,27)/b21-11-,22-12-. The first-order valence-electron chi connectivity index (χ1n) is 8.18. The van der Waals surface area contributed by atoms with Gasteiger partial charge in [-0.05, 0) is 62.2 Å². The Kier molecular flexibility index (Phi) is 7.03. The number of hydrazone groups is 2. The summed E-state index contributed by atoms with van der Waals surface area (Å²) in [5, 5.41) is 27.0. The fraction of sp³-hybridized carbons (Fsp3) is 0.222. The summed E-state index contributed by atoms with van der Waals surface area (Å²) in [5.41, 5.74) is 8.25. The van der Waals surface area contributed by atoms with Gasteiger partial charge >= 0.3 is 0 Å². The molecule has 0 unspecified atom stereocenters. The summed E-state index contributed by atoms with van der Waals surface area (Å²) in [5.74, 6) is 0.124. The number of fused-ring (bicyclic) bond motifs is 1. The number of aryl methyl sites for hydroxylation is 1. The normalized spacial score (nSPS) is 11.9. The Hall–Kier alpha value is -2.78. The Bertz CT molecular complexity index is 939. The van der Waals surface area contributed by atoms with Gasteiger partial charge in [-0.3, -0.25) is 10.9 Å². The number of phenols is 1. The number of thiocarbonyl (C=S) groups is 2. The first-order chi connectivity index (χ1) is 12.8. The summed E-state index contributed by atoms with van der Waals surface area (Å²) in [7, 11) is 1.71. The molecule has 2 aromatic rings. The molecular formula is C18H22N6OS2. The lowest BCUT2D eigenvalue weighted by Gasteiger charge is -2.14. The highest BCUT2D eigenvalue weighted by molar-refractivity contribution is 7.80. The molecule has 2 aromatic carbocycles. The number of hydrogen-bond donors (Lipinski definition) is 5. The zero-order chi connectivity index (χ0) is 20.0. The van der Waals surface area contributed by atoms with Crippen LogP contribution in [-0.2, 0) is 0 Å². The third-order valence-electron chi connectivity index (χ3n) is 3.87. The molecule has 0 radical (unpaired) electrons. The molecule has 0 bridgehead atoms. The maximum atomic E-state index is 10.3. The summed E-state index contributed by atoms with van der Waals surface area (Å²) in [6.07, 6.45) is 0. The highest BCUT2D eigenvalue weighted by Gasteiger charge is 2.10. The second-order valence-corrected chi connectivity index (χ2v) is 6.60. The molecule has 0 aromatic heterocycles. The number of aromatic hydroxyl groups is 1. The molecule has 142 valence electrons. The Morgan fingerprint density at radius 2 is 1.52 bits per heavy atom. The number of benzene rings is 2. The molecule has 0 heterocycles. The monoisotopic (exact) mass is 402 g/mol. The molecule has 9 heteroatoms. The van der Waals surface area contributed by atoms with E-state index in [1.165, 1.54) is 0 Å².